The van der Waals surface area contributed by atoms with Crippen molar-refractivity contribution >= 4 is 39.9 Å². The van der Waals surface area contributed by atoms with E-state index >= 15 is 0 Å². The number of halogens is 1. The molecule has 10 heavy (non-hydrogen) atoms. The molecule has 0 aromatic heterocycles. The first kappa shape index (κ1) is 10.4. The molecule has 0 saturated carbocycles. The van der Waals surface area contributed by atoms with Gasteiger partial charge in [0.15, 0.2) is 5.11 Å². The van der Waals surface area contributed by atoms with Gasteiger partial charge in [-0.15, -0.1) is 0 Å². The van der Waals surface area contributed by atoms with Crippen molar-refractivity contribution in [2.45, 2.75) is 30.2 Å². The Balaban J connectivity index is 3.25. The monoisotopic (exact) mass is 272 g/mol. The molecule has 3 N–H and O–H groups in total. The van der Waals surface area contributed by atoms with E-state index in [0.29, 0.717) is 9.16 Å². The standard InChI is InChI=1S/C6H13IN2S/c1-2-3-4-5(7)9-6(8)10/h5H,2-4H2,1H3,(H3,8,9,10). The van der Waals surface area contributed by atoms with Gasteiger partial charge in [-0.25, -0.2) is 0 Å². The van der Waals surface area contributed by atoms with Crippen LogP contribution < -0.4 is 11.1 Å². The van der Waals surface area contributed by atoms with Crippen LogP contribution >= 0.6 is 34.8 Å². The summed E-state index contributed by atoms with van der Waals surface area (Å²) in [6.07, 6.45) is 3.58. The van der Waals surface area contributed by atoms with Crippen LogP contribution in [0, 0.1) is 0 Å². The van der Waals surface area contributed by atoms with Crippen LogP contribution in [0.1, 0.15) is 26.2 Å². The summed E-state index contributed by atoms with van der Waals surface area (Å²) in [5, 5.41) is 3.37. The SMILES string of the molecule is CCCCC(I)NC(N)=S. The molecule has 2 nitrogen and oxygen atoms in total. The molecule has 60 valence electrons. The molecule has 0 spiro atoms. The van der Waals surface area contributed by atoms with Crippen LogP contribution in [0.4, 0.5) is 0 Å². The summed E-state index contributed by atoms with van der Waals surface area (Å²) >= 11 is 6.99. The van der Waals surface area contributed by atoms with E-state index in [1.54, 1.807) is 0 Å². The van der Waals surface area contributed by atoms with Gasteiger partial charge in [0.2, 0.25) is 0 Å². The summed E-state index contributed by atoms with van der Waals surface area (Å²) in [5.41, 5.74) is 5.28. The van der Waals surface area contributed by atoms with Gasteiger partial charge in [0, 0.05) is 0 Å². The molecule has 4 heteroatoms. The Kier molecular flexibility index (Phi) is 6.41. The molecule has 0 saturated heterocycles. The fraction of sp³-hybridized carbons (Fsp3) is 0.833. The number of hydrogen-bond acceptors (Lipinski definition) is 1. The second-order valence-corrected chi connectivity index (χ2v) is 4.06. The second-order valence-electron chi connectivity index (χ2n) is 2.12. The van der Waals surface area contributed by atoms with E-state index in [1.807, 2.05) is 0 Å². The molecule has 0 amide bonds. The minimum Gasteiger partial charge on any atom is -0.376 e. The van der Waals surface area contributed by atoms with Gasteiger partial charge in [0.05, 0.1) is 4.05 Å². The van der Waals surface area contributed by atoms with Crippen molar-refractivity contribution in [3.05, 3.63) is 0 Å². The third kappa shape index (κ3) is 6.54. The number of nitrogens with one attached hydrogen (secondary N) is 1. The van der Waals surface area contributed by atoms with Crippen molar-refractivity contribution in [3.63, 3.8) is 0 Å². The molecule has 1 unspecified atom stereocenters. The Morgan fingerprint density at radius 1 is 1.80 bits per heavy atom. The third-order valence-corrected chi connectivity index (χ3v) is 2.16. The van der Waals surface area contributed by atoms with Crippen molar-refractivity contribution in [2.24, 2.45) is 5.73 Å². The predicted molar refractivity (Wildman–Crippen MR) is 57.3 cm³/mol. The minimum absolute atomic E-state index is 0.398. The summed E-state index contributed by atoms with van der Waals surface area (Å²) < 4.78 is 0.398. The van der Waals surface area contributed by atoms with Gasteiger partial charge in [0.1, 0.15) is 0 Å². The molecule has 0 radical (unpaired) electrons. The Morgan fingerprint density at radius 3 is 2.80 bits per heavy atom. The summed E-state index contributed by atoms with van der Waals surface area (Å²) in [5.74, 6) is 0. The lowest BCUT2D eigenvalue weighted by Gasteiger charge is -2.10. The highest BCUT2D eigenvalue weighted by Gasteiger charge is 2.00. The van der Waals surface area contributed by atoms with E-state index in [0.717, 1.165) is 6.42 Å². The zero-order valence-electron chi connectivity index (χ0n) is 6.06. The van der Waals surface area contributed by atoms with Crippen LogP contribution in [0.5, 0.6) is 0 Å². The first-order valence-corrected chi connectivity index (χ1v) is 5.02. The normalized spacial score (nSPS) is 12.6. The lowest BCUT2D eigenvalue weighted by molar-refractivity contribution is 0.679. The highest BCUT2D eigenvalue weighted by Crippen LogP contribution is 2.06. The average molecular weight is 272 g/mol. The van der Waals surface area contributed by atoms with Crippen molar-refractivity contribution in [2.75, 3.05) is 0 Å². The Labute approximate surface area is 81.1 Å². The summed E-state index contributed by atoms with van der Waals surface area (Å²) in [6, 6.07) is 0. The minimum atomic E-state index is 0.398. The molecule has 1 atom stereocenters. The maximum atomic E-state index is 5.28. The van der Waals surface area contributed by atoms with E-state index in [1.165, 1.54) is 12.8 Å². The largest absolute Gasteiger partial charge is 0.376 e. The maximum Gasteiger partial charge on any atom is 0.164 e. The van der Waals surface area contributed by atoms with E-state index in [9.17, 15) is 0 Å². The van der Waals surface area contributed by atoms with Crippen LogP contribution in [0.2, 0.25) is 0 Å². The number of alkyl halides is 1. The highest BCUT2D eigenvalue weighted by molar-refractivity contribution is 14.1. The number of nitrogens with two attached hydrogens (primary N) is 1. The van der Waals surface area contributed by atoms with Gasteiger partial charge in [0.25, 0.3) is 0 Å². The summed E-state index contributed by atoms with van der Waals surface area (Å²) in [7, 11) is 0. The van der Waals surface area contributed by atoms with Crippen molar-refractivity contribution in [1.29, 1.82) is 0 Å². The number of rotatable bonds is 4. The fourth-order valence-corrected chi connectivity index (χ4v) is 1.74. The molecule has 0 heterocycles. The fourth-order valence-electron chi connectivity index (χ4n) is 0.610. The highest BCUT2D eigenvalue weighted by atomic mass is 127. The van der Waals surface area contributed by atoms with Crippen LogP contribution in [-0.2, 0) is 0 Å². The third-order valence-electron chi connectivity index (χ3n) is 1.11. The molecular weight excluding hydrogens is 259 g/mol. The van der Waals surface area contributed by atoms with Gasteiger partial charge < -0.3 is 11.1 Å². The van der Waals surface area contributed by atoms with E-state index < -0.39 is 0 Å². The molecule has 0 fully saturated rings. The lowest BCUT2D eigenvalue weighted by Crippen LogP contribution is -2.34. The molecule has 0 aliphatic rings. The molecule has 0 aliphatic carbocycles. The smallest absolute Gasteiger partial charge is 0.164 e. The second kappa shape index (κ2) is 6.15. The number of unbranched alkanes of at least 4 members (excludes halogenated alkanes) is 1. The van der Waals surface area contributed by atoms with Crippen molar-refractivity contribution in [1.82, 2.24) is 5.32 Å². The zero-order valence-corrected chi connectivity index (χ0v) is 9.04. The lowest BCUT2D eigenvalue weighted by atomic mass is 10.2. The molecule has 0 bridgehead atoms. The van der Waals surface area contributed by atoms with Crippen LogP contribution in [0.15, 0.2) is 0 Å². The maximum absolute atomic E-state index is 5.28. The van der Waals surface area contributed by atoms with Crippen molar-refractivity contribution in [3.8, 4) is 0 Å². The van der Waals surface area contributed by atoms with Crippen LogP contribution in [0.25, 0.3) is 0 Å². The van der Waals surface area contributed by atoms with Crippen LogP contribution in [-0.4, -0.2) is 9.16 Å². The van der Waals surface area contributed by atoms with Crippen molar-refractivity contribution < 1.29 is 0 Å². The molecule has 0 aliphatic heterocycles. The van der Waals surface area contributed by atoms with Gasteiger partial charge in [-0.3, -0.25) is 0 Å². The Hall–Kier alpha value is 0.420. The summed E-state index contributed by atoms with van der Waals surface area (Å²) in [4.78, 5) is 0. The van der Waals surface area contributed by atoms with E-state index in [-0.39, 0.29) is 0 Å². The molecule has 0 aromatic rings. The van der Waals surface area contributed by atoms with Gasteiger partial charge in [-0.05, 0) is 18.6 Å². The van der Waals surface area contributed by atoms with Crippen LogP contribution in [0.3, 0.4) is 0 Å². The number of thiocarbonyl (C=S) groups is 1. The molecule has 0 aromatic carbocycles. The van der Waals surface area contributed by atoms with Gasteiger partial charge >= 0.3 is 0 Å². The Morgan fingerprint density at radius 2 is 2.40 bits per heavy atom. The van der Waals surface area contributed by atoms with E-state index in [2.05, 4.69) is 47.0 Å². The topological polar surface area (TPSA) is 38.0 Å². The van der Waals surface area contributed by atoms with Gasteiger partial charge in [-0.1, -0.05) is 42.4 Å². The zero-order chi connectivity index (χ0) is 7.98. The quantitative estimate of drug-likeness (QED) is 0.354. The Bertz CT molecular complexity index is 108. The van der Waals surface area contributed by atoms with Gasteiger partial charge in [-0.2, -0.15) is 0 Å². The summed E-state index contributed by atoms with van der Waals surface area (Å²) in [6.45, 7) is 2.17. The molecular formula is C6H13IN2S. The van der Waals surface area contributed by atoms with E-state index in [4.69, 9.17) is 5.73 Å². The first-order chi connectivity index (χ1) is 4.66. The first-order valence-electron chi connectivity index (χ1n) is 3.37. The molecule has 0 rings (SSSR count). The predicted octanol–water partition coefficient (Wildman–Crippen LogP) is 1.77. The average Bonchev–Trinajstić information content (AvgIpc) is 1.82. The number of hydrogen-bond donors (Lipinski definition) is 2.